The van der Waals surface area contributed by atoms with Crippen LogP contribution < -0.4 is 5.32 Å². The predicted molar refractivity (Wildman–Crippen MR) is 91.2 cm³/mol. The lowest BCUT2D eigenvalue weighted by Gasteiger charge is -2.34. The maximum atomic E-state index is 11.6. The van der Waals surface area contributed by atoms with Crippen molar-refractivity contribution in [3.8, 4) is 0 Å². The van der Waals surface area contributed by atoms with Crippen molar-refractivity contribution in [2.45, 2.75) is 37.5 Å². The highest BCUT2D eigenvalue weighted by molar-refractivity contribution is 7.91. The first-order valence-electron chi connectivity index (χ1n) is 8.43. The third kappa shape index (κ3) is 4.76. The van der Waals surface area contributed by atoms with E-state index in [1.165, 1.54) is 5.56 Å². The molecule has 0 amide bonds. The van der Waals surface area contributed by atoms with Crippen LogP contribution >= 0.6 is 0 Å². The quantitative estimate of drug-likeness (QED) is 0.815. The predicted octanol–water partition coefficient (Wildman–Crippen LogP) is 0.441. The Morgan fingerprint density at radius 3 is 2.43 bits per heavy atom. The van der Waals surface area contributed by atoms with Gasteiger partial charge >= 0.3 is 0 Å². The molecule has 2 aliphatic rings. The number of piperidine rings is 1. The lowest BCUT2D eigenvalue weighted by atomic mass is 10.0. The van der Waals surface area contributed by atoms with Gasteiger partial charge in [-0.15, -0.1) is 0 Å². The van der Waals surface area contributed by atoms with E-state index < -0.39 is 15.9 Å². The number of likely N-dealkylation sites (tertiary alicyclic amines) is 1. The highest BCUT2D eigenvalue weighted by Crippen LogP contribution is 2.17. The van der Waals surface area contributed by atoms with Crippen LogP contribution in [-0.4, -0.2) is 67.8 Å². The fourth-order valence-corrected chi connectivity index (χ4v) is 5.30. The minimum atomic E-state index is -3.07. The van der Waals surface area contributed by atoms with E-state index in [1.54, 1.807) is 0 Å². The van der Waals surface area contributed by atoms with Gasteiger partial charge in [-0.2, -0.15) is 0 Å². The minimum absolute atomic E-state index is 0.0718. The number of nitrogens with one attached hydrogen (secondary N) is 1. The summed E-state index contributed by atoms with van der Waals surface area (Å²) in [6.07, 6.45) is 2.34. The third-order valence-corrected chi connectivity index (χ3v) is 6.64. The van der Waals surface area contributed by atoms with Gasteiger partial charge in [0.05, 0.1) is 17.6 Å². The van der Waals surface area contributed by atoms with Crippen LogP contribution in [0.4, 0.5) is 0 Å². The smallest absolute Gasteiger partial charge is 0.154 e. The summed E-state index contributed by atoms with van der Waals surface area (Å²) in [5.74, 6) is -0.0248. The van der Waals surface area contributed by atoms with E-state index in [4.69, 9.17) is 0 Å². The molecule has 128 valence electrons. The summed E-state index contributed by atoms with van der Waals surface area (Å²) in [6.45, 7) is 3.12. The fourth-order valence-electron chi connectivity index (χ4n) is 3.55. The standard InChI is InChI=1S/C17H26N2O3S/c20-17-13-23(21,22)12-16(17)18-15-7-10-19(11-8-15)9-6-14-4-2-1-3-5-14/h1-5,15-18,20H,6-13H2/t16-,17-/m1/s1. The molecule has 0 unspecified atom stereocenters. The number of benzene rings is 1. The monoisotopic (exact) mass is 338 g/mol. The molecule has 2 saturated heterocycles. The largest absolute Gasteiger partial charge is 0.390 e. The van der Waals surface area contributed by atoms with Crippen molar-refractivity contribution < 1.29 is 13.5 Å². The second-order valence-electron chi connectivity index (χ2n) is 6.77. The van der Waals surface area contributed by atoms with E-state index in [9.17, 15) is 13.5 Å². The summed E-state index contributed by atoms with van der Waals surface area (Å²) < 4.78 is 23.1. The number of nitrogens with zero attached hydrogens (tertiary/aromatic N) is 1. The van der Waals surface area contributed by atoms with Gasteiger partial charge in [0, 0.05) is 18.6 Å². The van der Waals surface area contributed by atoms with Gasteiger partial charge in [0.15, 0.2) is 9.84 Å². The van der Waals surface area contributed by atoms with E-state index in [-0.39, 0.29) is 17.5 Å². The van der Waals surface area contributed by atoms with E-state index in [0.717, 1.165) is 38.9 Å². The lowest BCUT2D eigenvalue weighted by Crippen LogP contribution is -2.50. The average molecular weight is 338 g/mol. The van der Waals surface area contributed by atoms with Crippen LogP contribution in [0.15, 0.2) is 30.3 Å². The van der Waals surface area contributed by atoms with Crippen LogP contribution in [-0.2, 0) is 16.3 Å². The van der Waals surface area contributed by atoms with Crippen LogP contribution in [0.2, 0.25) is 0 Å². The summed E-state index contributed by atoms with van der Waals surface area (Å²) in [4.78, 5) is 2.47. The van der Waals surface area contributed by atoms with Crippen LogP contribution in [0.1, 0.15) is 18.4 Å². The van der Waals surface area contributed by atoms with Crippen LogP contribution in [0.25, 0.3) is 0 Å². The molecule has 0 saturated carbocycles. The zero-order valence-electron chi connectivity index (χ0n) is 13.4. The summed E-state index contributed by atoms with van der Waals surface area (Å²) in [5, 5.41) is 13.2. The first-order valence-corrected chi connectivity index (χ1v) is 10.2. The molecule has 5 nitrogen and oxygen atoms in total. The van der Waals surface area contributed by atoms with Crippen molar-refractivity contribution in [1.82, 2.24) is 10.2 Å². The Balaban J connectivity index is 1.40. The lowest BCUT2D eigenvalue weighted by molar-refractivity contribution is 0.139. The molecule has 2 N–H and O–H groups in total. The van der Waals surface area contributed by atoms with Crippen molar-refractivity contribution >= 4 is 9.84 Å². The second-order valence-corrected chi connectivity index (χ2v) is 8.92. The topological polar surface area (TPSA) is 69.6 Å². The van der Waals surface area contributed by atoms with Crippen molar-refractivity contribution in [3.63, 3.8) is 0 Å². The van der Waals surface area contributed by atoms with Gasteiger partial charge in [-0.25, -0.2) is 8.42 Å². The Morgan fingerprint density at radius 2 is 1.83 bits per heavy atom. The zero-order chi connectivity index (χ0) is 16.3. The van der Waals surface area contributed by atoms with Crippen molar-refractivity contribution in [2.75, 3.05) is 31.1 Å². The molecule has 0 bridgehead atoms. The molecule has 0 aliphatic carbocycles. The van der Waals surface area contributed by atoms with Crippen LogP contribution in [0, 0.1) is 0 Å². The summed E-state index contributed by atoms with van der Waals surface area (Å²) in [7, 11) is -3.07. The molecule has 2 aliphatic heterocycles. The van der Waals surface area contributed by atoms with Crippen molar-refractivity contribution in [2.24, 2.45) is 0 Å². The third-order valence-electron chi connectivity index (χ3n) is 4.92. The van der Waals surface area contributed by atoms with Crippen molar-refractivity contribution in [1.29, 1.82) is 0 Å². The molecule has 2 atom stereocenters. The van der Waals surface area contributed by atoms with Crippen LogP contribution in [0.3, 0.4) is 0 Å². The molecular formula is C17H26N2O3S. The maximum Gasteiger partial charge on any atom is 0.154 e. The van der Waals surface area contributed by atoms with Gasteiger partial charge in [0.1, 0.15) is 0 Å². The number of hydrogen-bond donors (Lipinski definition) is 2. The molecular weight excluding hydrogens is 312 g/mol. The molecule has 2 heterocycles. The van der Waals surface area contributed by atoms with Crippen molar-refractivity contribution in [3.05, 3.63) is 35.9 Å². The van der Waals surface area contributed by atoms with Gasteiger partial charge in [-0.1, -0.05) is 30.3 Å². The molecule has 0 radical (unpaired) electrons. The minimum Gasteiger partial charge on any atom is -0.390 e. The normalized spacial score (nSPS) is 28.9. The highest BCUT2D eigenvalue weighted by atomic mass is 32.2. The first-order chi connectivity index (χ1) is 11.0. The van der Waals surface area contributed by atoms with E-state index in [1.807, 2.05) is 6.07 Å². The summed E-state index contributed by atoms with van der Waals surface area (Å²) in [5.41, 5.74) is 1.37. The number of hydrogen-bond acceptors (Lipinski definition) is 5. The maximum absolute atomic E-state index is 11.6. The number of aliphatic hydroxyl groups is 1. The Bertz CT molecular complexity index is 598. The molecule has 0 aromatic heterocycles. The van der Waals surface area contributed by atoms with Gasteiger partial charge in [-0.3, -0.25) is 0 Å². The molecule has 6 heteroatoms. The van der Waals surface area contributed by atoms with Gasteiger partial charge < -0.3 is 15.3 Å². The molecule has 23 heavy (non-hydrogen) atoms. The first kappa shape index (κ1) is 16.9. The Labute approximate surface area is 138 Å². The van der Waals surface area contributed by atoms with E-state index >= 15 is 0 Å². The molecule has 3 rings (SSSR count). The number of aliphatic hydroxyl groups excluding tert-OH is 1. The van der Waals surface area contributed by atoms with Crippen LogP contribution in [0.5, 0.6) is 0 Å². The van der Waals surface area contributed by atoms with Gasteiger partial charge in [0.25, 0.3) is 0 Å². The summed E-state index contributed by atoms with van der Waals surface area (Å²) >= 11 is 0. The molecule has 0 spiro atoms. The molecule has 2 fully saturated rings. The Hall–Kier alpha value is -0.950. The number of sulfone groups is 1. The second kappa shape index (κ2) is 7.30. The highest BCUT2D eigenvalue weighted by Gasteiger charge is 2.37. The average Bonchev–Trinajstić information content (AvgIpc) is 2.80. The molecule has 1 aromatic carbocycles. The number of rotatable bonds is 5. The van der Waals surface area contributed by atoms with E-state index in [0.29, 0.717) is 6.04 Å². The Morgan fingerprint density at radius 1 is 1.13 bits per heavy atom. The molecule has 1 aromatic rings. The Kier molecular flexibility index (Phi) is 5.36. The summed E-state index contributed by atoms with van der Waals surface area (Å²) in [6, 6.07) is 10.5. The van der Waals surface area contributed by atoms with Gasteiger partial charge in [0.2, 0.25) is 0 Å². The van der Waals surface area contributed by atoms with Gasteiger partial charge in [-0.05, 0) is 37.9 Å². The SMILES string of the molecule is O=S1(=O)C[C@@H](O)[C@H](NC2CCN(CCc3ccccc3)CC2)C1. The zero-order valence-corrected chi connectivity index (χ0v) is 14.2. The fraction of sp³-hybridized carbons (Fsp3) is 0.647. The van der Waals surface area contributed by atoms with E-state index in [2.05, 4.69) is 34.5 Å².